The molecule has 0 aromatic heterocycles. The van der Waals surface area contributed by atoms with Gasteiger partial charge in [-0.2, -0.15) is 0 Å². The van der Waals surface area contributed by atoms with Gasteiger partial charge < -0.3 is 0 Å². The van der Waals surface area contributed by atoms with Crippen LogP contribution in [0.1, 0.15) is 103 Å². The van der Waals surface area contributed by atoms with Crippen LogP contribution in [0.25, 0.3) is 6.08 Å². The van der Waals surface area contributed by atoms with Gasteiger partial charge in [0.25, 0.3) is 0 Å². The average molecular weight is 395 g/mol. The molecule has 29 heavy (non-hydrogen) atoms. The Kier molecular flexibility index (Phi) is 11.3. The molecule has 0 fully saturated rings. The maximum atomic E-state index is 3.97. The van der Waals surface area contributed by atoms with Gasteiger partial charge in [-0.05, 0) is 64.0 Å². The van der Waals surface area contributed by atoms with E-state index >= 15 is 0 Å². The van der Waals surface area contributed by atoms with Crippen LogP contribution >= 0.6 is 0 Å². The zero-order valence-corrected chi connectivity index (χ0v) is 21.2. The highest BCUT2D eigenvalue weighted by Gasteiger charge is 2.16. The SMILES string of the molecule is C=Cc1cc(CCc2cc(C(C)(C)C)ccc2C)cc(C(C)(C)C)c1.CC.CC. The summed E-state index contributed by atoms with van der Waals surface area (Å²) in [5, 5.41) is 0. The number of hydrogen-bond acceptors (Lipinski definition) is 0. The molecular formula is C29H46. The van der Waals surface area contributed by atoms with Crippen LogP contribution in [0.3, 0.4) is 0 Å². The molecule has 0 spiro atoms. The summed E-state index contributed by atoms with van der Waals surface area (Å²) >= 11 is 0. The monoisotopic (exact) mass is 394 g/mol. The molecule has 0 aliphatic carbocycles. The predicted octanol–water partition coefficient (Wildman–Crippen LogP) is 9.07. The highest BCUT2D eigenvalue weighted by Crippen LogP contribution is 2.27. The van der Waals surface area contributed by atoms with Crippen molar-refractivity contribution in [1.29, 1.82) is 0 Å². The standard InChI is InChI=1S/C25H34.2C2H6/c1-9-19-14-20(16-23(15-19)25(6,7)8)11-12-21-17-22(24(3,4)5)13-10-18(21)2;2*1-2/h9-10,13-17H,1,11-12H2,2-8H3;2*1-2H3. The topological polar surface area (TPSA) is 0 Å². The molecule has 0 saturated heterocycles. The highest BCUT2D eigenvalue weighted by atomic mass is 14.2. The fraction of sp³-hybridized carbons (Fsp3) is 0.517. The Bertz CT molecular complexity index is 749. The lowest BCUT2D eigenvalue weighted by atomic mass is 9.83. The van der Waals surface area contributed by atoms with E-state index in [9.17, 15) is 0 Å². The Balaban J connectivity index is 0.00000184. The second kappa shape index (κ2) is 12.0. The molecule has 0 N–H and O–H groups in total. The lowest BCUT2D eigenvalue weighted by Crippen LogP contribution is -2.12. The summed E-state index contributed by atoms with van der Waals surface area (Å²) in [5.41, 5.74) is 8.66. The molecule has 0 heterocycles. The maximum Gasteiger partial charge on any atom is -0.0132 e. The van der Waals surface area contributed by atoms with Crippen LogP contribution in [0.15, 0.2) is 43.0 Å². The van der Waals surface area contributed by atoms with Crippen molar-refractivity contribution >= 4 is 6.08 Å². The Morgan fingerprint density at radius 2 is 1.28 bits per heavy atom. The minimum absolute atomic E-state index is 0.163. The average Bonchev–Trinajstić information content (AvgIpc) is 2.68. The van der Waals surface area contributed by atoms with E-state index < -0.39 is 0 Å². The summed E-state index contributed by atoms with van der Waals surface area (Å²) < 4.78 is 0. The van der Waals surface area contributed by atoms with Crippen molar-refractivity contribution < 1.29 is 0 Å². The number of aryl methyl sites for hydroxylation is 3. The smallest absolute Gasteiger partial charge is 0.0132 e. The second-order valence-electron chi connectivity index (χ2n) is 9.31. The van der Waals surface area contributed by atoms with Crippen molar-refractivity contribution in [2.24, 2.45) is 0 Å². The van der Waals surface area contributed by atoms with E-state index in [1.807, 2.05) is 33.8 Å². The van der Waals surface area contributed by atoms with Crippen molar-refractivity contribution in [3.8, 4) is 0 Å². The van der Waals surface area contributed by atoms with Crippen LogP contribution in [0, 0.1) is 6.92 Å². The fourth-order valence-corrected chi connectivity index (χ4v) is 3.10. The van der Waals surface area contributed by atoms with Crippen molar-refractivity contribution in [2.45, 2.75) is 99.8 Å². The lowest BCUT2D eigenvalue weighted by molar-refractivity contribution is 0.588. The van der Waals surface area contributed by atoms with E-state index in [1.54, 1.807) is 0 Å². The molecule has 162 valence electrons. The van der Waals surface area contributed by atoms with Crippen molar-refractivity contribution in [3.05, 3.63) is 76.4 Å². The van der Waals surface area contributed by atoms with Crippen molar-refractivity contribution in [1.82, 2.24) is 0 Å². The first-order valence-electron chi connectivity index (χ1n) is 11.4. The third-order valence-corrected chi connectivity index (χ3v) is 5.02. The van der Waals surface area contributed by atoms with Gasteiger partial charge in [0.05, 0.1) is 0 Å². The molecule has 2 aromatic rings. The molecule has 0 atom stereocenters. The summed E-state index contributed by atoms with van der Waals surface area (Å²) in [5.74, 6) is 0. The van der Waals surface area contributed by atoms with Crippen molar-refractivity contribution in [3.63, 3.8) is 0 Å². The van der Waals surface area contributed by atoms with Crippen LogP contribution in [0.2, 0.25) is 0 Å². The molecule has 0 bridgehead atoms. The van der Waals surface area contributed by atoms with E-state index in [1.165, 1.54) is 33.4 Å². The Morgan fingerprint density at radius 3 is 1.76 bits per heavy atom. The summed E-state index contributed by atoms with van der Waals surface area (Å²) in [6, 6.07) is 13.9. The molecule has 0 amide bonds. The van der Waals surface area contributed by atoms with Gasteiger partial charge in [0, 0.05) is 0 Å². The second-order valence-corrected chi connectivity index (χ2v) is 9.31. The molecule has 0 unspecified atom stereocenters. The van der Waals surface area contributed by atoms with Gasteiger partial charge in [-0.1, -0.05) is 118 Å². The Labute approximate surface area is 182 Å². The quantitative estimate of drug-likeness (QED) is 0.485. The van der Waals surface area contributed by atoms with Crippen LogP contribution in [0.5, 0.6) is 0 Å². The van der Waals surface area contributed by atoms with Gasteiger partial charge in [-0.15, -0.1) is 0 Å². The molecule has 0 aliphatic rings. The van der Waals surface area contributed by atoms with E-state index in [-0.39, 0.29) is 10.8 Å². The van der Waals surface area contributed by atoms with E-state index in [0.717, 1.165) is 12.8 Å². The van der Waals surface area contributed by atoms with Gasteiger partial charge in [0.2, 0.25) is 0 Å². The van der Waals surface area contributed by atoms with Gasteiger partial charge in [-0.25, -0.2) is 0 Å². The van der Waals surface area contributed by atoms with Crippen LogP contribution in [-0.2, 0) is 23.7 Å². The van der Waals surface area contributed by atoms with E-state index in [2.05, 4.69) is 91.4 Å². The van der Waals surface area contributed by atoms with Crippen LogP contribution < -0.4 is 0 Å². The molecular weight excluding hydrogens is 348 g/mol. The van der Waals surface area contributed by atoms with Gasteiger partial charge in [0.15, 0.2) is 0 Å². The van der Waals surface area contributed by atoms with E-state index in [4.69, 9.17) is 0 Å². The molecule has 0 heteroatoms. The normalized spacial score (nSPS) is 11.0. The first-order valence-corrected chi connectivity index (χ1v) is 11.4. The molecule has 0 aliphatic heterocycles. The number of rotatable bonds is 4. The van der Waals surface area contributed by atoms with Gasteiger partial charge >= 0.3 is 0 Å². The molecule has 0 nitrogen and oxygen atoms in total. The van der Waals surface area contributed by atoms with Crippen LogP contribution in [-0.4, -0.2) is 0 Å². The summed E-state index contributed by atoms with van der Waals surface area (Å²) in [4.78, 5) is 0. The summed E-state index contributed by atoms with van der Waals surface area (Å²) in [7, 11) is 0. The Hall–Kier alpha value is -1.82. The van der Waals surface area contributed by atoms with E-state index in [0.29, 0.717) is 0 Å². The predicted molar refractivity (Wildman–Crippen MR) is 135 cm³/mol. The Morgan fingerprint density at radius 1 is 0.724 bits per heavy atom. The minimum atomic E-state index is 0.163. The highest BCUT2D eigenvalue weighted by molar-refractivity contribution is 5.51. The first-order chi connectivity index (χ1) is 13.5. The van der Waals surface area contributed by atoms with Crippen molar-refractivity contribution in [2.75, 3.05) is 0 Å². The maximum absolute atomic E-state index is 3.97. The number of benzene rings is 2. The fourth-order valence-electron chi connectivity index (χ4n) is 3.10. The van der Waals surface area contributed by atoms with Gasteiger partial charge in [0.1, 0.15) is 0 Å². The first kappa shape index (κ1) is 27.2. The summed E-state index contributed by atoms with van der Waals surface area (Å²) in [6.45, 7) is 27.9. The van der Waals surface area contributed by atoms with Gasteiger partial charge in [-0.3, -0.25) is 0 Å². The number of hydrogen-bond donors (Lipinski definition) is 0. The lowest BCUT2D eigenvalue weighted by Gasteiger charge is -2.22. The minimum Gasteiger partial charge on any atom is -0.0985 e. The largest absolute Gasteiger partial charge is 0.0985 e. The molecule has 2 aromatic carbocycles. The summed E-state index contributed by atoms with van der Waals surface area (Å²) in [6.07, 6.45) is 4.11. The third kappa shape index (κ3) is 8.60. The zero-order valence-electron chi connectivity index (χ0n) is 21.2. The molecule has 2 rings (SSSR count). The zero-order chi connectivity index (χ0) is 22.8. The van der Waals surface area contributed by atoms with Crippen LogP contribution in [0.4, 0.5) is 0 Å². The molecule has 0 saturated carbocycles. The third-order valence-electron chi connectivity index (χ3n) is 5.02. The molecule has 0 radical (unpaired) electrons.